The van der Waals surface area contributed by atoms with Gasteiger partial charge in [-0.3, -0.25) is 9.48 Å². The summed E-state index contributed by atoms with van der Waals surface area (Å²) in [6.45, 7) is 5.22. The fourth-order valence-electron chi connectivity index (χ4n) is 4.46. The minimum Gasteiger partial charge on any atom is -0.484 e. The summed E-state index contributed by atoms with van der Waals surface area (Å²) in [4.78, 5) is 15.0. The van der Waals surface area contributed by atoms with Gasteiger partial charge in [-0.2, -0.15) is 9.40 Å². The molecule has 162 valence electrons. The molecule has 0 saturated carbocycles. The molecule has 0 N–H and O–H groups in total. The van der Waals surface area contributed by atoms with Crippen LogP contribution in [0.5, 0.6) is 5.75 Å². The van der Waals surface area contributed by atoms with E-state index in [1.165, 1.54) is 10.6 Å². The van der Waals surface area contributed by atoms with Gasteiger partial charge < -0.3 is 9.64 Å². The van der Waals surface area contributed by atoms with Gasteiger partial charge in [0.2, 0.25) is 10.0 Å². The van der Waals surface area contributed by atoms with Crippen LogP contribution in [0.1, 0.15) is 40.0 Å². The maximum atomic E-state index is 13.2. The van der Waals surface area contributed by atoms with Crippen molar-refractivity contribution in [3.63, 3.8) is 0 Å². The van der Waals surface area contributed by atoms with Gasteiger partial charge >= 0.3 is 0 Å². The minimum atomic E-state index is -3.44. The number of carbonyl (C=O) groups is 1. The largest absolute Gasteiger partial charge is 0.484 e. The quantitative estimate of drug-likeness (QED) is 0.723. The van der Waals surface area contributed by atoms with Crippen LogP contribution in [0.3, 0.4) is 0 Å². The summed E-state index contributed by atoms with van der Waals surface area (Å²) in [6, 6.07) is 5.84. The van der Waals surface area contributed by atoms with E-state index in [4.69, 9.17) is 4.74 Å². The number of nitrogens with zero attached hydrogens (tertiary/aromatic N) is 4. The molecule has 1 unspecified atom stereocenters. The lowest BCUT2D eigenvalue weighted by atomic mass is 9.91. The van der Waals surface area contributed by atoms with E-state index in [1.54, 1.807) is 22.8 Å². The summed E-state index contributed by atoms with van der Waals surface area (Å²) < 4.78 is 34.6. The van der Waals surface area contributed by atoms with Crippen molar-refractivity contribution in [2.75, 3.05) is 25.9 Å². The number of likely N-dealkylation sites (tertiary alicyclic amines) is 1. The average molecular weight is 433 g/mol. The van der Waals surface area contributed by atoms with Crippen molar-refractivity contribution in [3.8, 4) is 5.75 Å². The molecule has 8 nitrogen and oxygen atoms in total. The number of rotatable bonds is 2. The van der Waals surface area contributed by atoms with Crippen LogP contribution < -0.4 is 4.74 Å². The second-order valence-corrected chi connectivity index (χ2v) is 10.5. The molecule has 1 saturated heterocycles. The summed E-state index contributed by atoms with van der Waals surface area (Å²) in [7, 11) is -1.65. The zero-order valence-corrected chi connectivity index (χ0v) is 18.7. The van der Waals surface area contributed by atoms with Crippen molar-refractivity contribution in [1.29, 1.82) is 0 Å². The minimum absolute atomic E-state index is 0.0949. The van der Waals surface area contributed by atoms with Gasteiger partial charge in [0.15, 0.2) is 0 Å². The zero-order valence-electron chi connectivity index (χ0n) is 17.9. The molecule has 1 atom stereocenters. The molecule has 1 amide bonds. The second kappa shape index (κ2) is 7.39. The first-order chi connectivity index (χ1) is 14.1. The third-order valence-electron chi connectivity index (χ3n) is 5.89. The molecule has 1 spiro atoms. The Bertz CT molecular complexity index is 1090. The Labute approximate surface area is 177 Å². The third-order valence-corrected chi connectivity index (χ3v) is 7.09. The van der Waals surface area contributed by atoms with Crippen LogP contribution in [0.25, 0.3) is 0 Å². The molecule has 2 aromatic rings. The molecule has 4 rings (SSSR count). The highest BCUT2D eigenvalue weighted by Crippen LogP contribution is 2.36. The van der Waals surface area contributed by atoms with Gasteiger partial charge in [-0.15, -0.1) is 0 Å². The van der Waals surface area contributed by atoms with Crippen LogP contribution in [-0.4, -0.2) is 64.8 Å². The van der Waals surface area contributed by atoms with Gasteiger partial charge in [-0.1, -0.05) is 17.7 Å². The van der Waals surface area contributed by atoms with Crippen LogP contribution in [-0.2, 0) is 23.6 Å². The number of ether oxygens (including phenoxy) is 1. The maximum absolute atomic E-state index is 13.2. The Morgan fingerprint density at radius 3 is 2.67 bits per heavy atom. The first-order valence-electron chi connectivity index (χ1n) is 10.1. The highest BCUT2D eigenvalue weighted by Gasteiger charge is 2.45. The summed E-state index contributed by atoms with van der Waals surface area (Å²) in [5.74, 6) is 0.598. The lowest BCUT2D eigenvalue weighted by Gasteiger charge is -2.43. The zero-order chi connectivity index (χ0) is 21.7. The Kier molecular flexibility index (Phi) is 5.14. The molecule has 2 aliphatic rings. The number of hydrogen-bond donors (Lipinski definition) is 0. The summed E-state index contributed by atoms with van der Waals surface area (Å²) in [6.07, 6.45) is 4.38. The van der Waals surface area contributed by atoms with E-state index in [9.17, 15) is 13.2 Å². The normalized spacial score (nSPS) is 22.5. The molecule has 30 heavy (non-hydrogen) atoms. The van der Waals surface area contributed by atoms with E-state index in [0.29, 0.717) is 36.5 Å². The van der Waals surface area contributed by atoms with Crippen LogP contribution >= 0.6 is 0 Å². The number of benzene rings is 1. The monoisotopic (exact) mass is 432 g/mol. The summed E-state index contributed by atoms with van der Waals surface area (Å²) in [5, 5.41) is 4.28. The van der Waals surface area contributed by atoms with Crippen LogP contribution in [0.15, 0.2) is 24.4 Å². The van der Waals surface area contributed by atoms with E-state index in [-0.39, 0.29) is 19.0 Å². The number of aromatic nitrogens is 2. The van der Waals surface area contributed by atoms with E-state index in [2.05, 4.69) is 5.10 Å². The standard InChI is InChI=1S/C21H28N4O4S/c1-15-6-7-19-17(10-15)11-25(30(4,27)28)14-21(29-19)8-5-9-24(13-21)20(26)18-12-23(3)22-16(18)2/h6-7,10,12H,5,8-9,11,13-14H2,1-4H3. The van der Waals surface area contributed by atoms with Crippen LogP contribution in [0, 0.1) is 13.8 Å². The lowest BCUT2D eigenvalue weighted by Crippen LogP contribution is -2.58. The fraction of sp³-hybridized carbons (Fsp3) is 0.524. The number of aryl methyl sites for hydroxylation is 3. The molecule has 0 aliphatic carbocycles. The van der Waals surface area contributed by atoms with Crippen LogP contribution in [0.4, 0.5) is 0 Å². The molecule has 0 radical (unpaired) electrons. The molecule has 1 aromatic carbocycles. The van der Waals surface area contributed by atoms with E-state index >= 15 is 0 Å². The van der Waals surface area contributed by atoms with Crippen molar-refractivity contribution >= 4 is 15.9 Å². The maximum Gasteiger partial charge on any atom is 0.257 e. The van der Waals surface area contributed by atoms with E-state index < -0.39 is 15.6 Å². The van der Waals surface area contributed by atoms with Gasteiger partial charge in [0.05, 0.1) is 30.6 Å². The molecule has 1 aromatic heterocycles. The Balaban J connectivity index is 1.69. The number of amides is 1. The number of hydrogen-bond acceptors (Lipinski definition) is 5. The topological polar surface area (TPSA) is 84.7 Å². The summed E-state index contributed by atoms with van der Waals surface area (Å²) >= 11 is 0. The van der Waals surface area contributed by atoms with Crippen molar-refractivity contribution in [2.24, 2.45) is 7.05 Å². The van der Waals surface area contributed by atoms with Gasteiger partial charge in [-0.25, -0.2) is 8.42 Å². The number of fused-ring (bicyclic) bond motifs is 1. The molecule has 1 fully saturated rings. The van der Waals surface area contributed by atoms with Crippen molar-refractivity contribution in [3.05, 3.63) is 46.8 Å². The highest BCUT2D eigenvalue weighted by molar-refractivity contribution is 7.88. The first kappa shape index (κ1) is 20.9. The van der Waals surface area contributed by atoms with E-state index in [0.717, 1.165) is 17.5 Å². The molecular formula is C21H28N4O4S. The molecule has 9 heteroatoms. The van der Waals surface area contributed by atoms with Gasteiger partial charge in [-0.05, 0) is 32.8 Å². The van der Waals surface area contributed by atoms with Crippen molar-refractivity contribution < 1.29 is 17.9 Å². The van der Waals surface area contributed by atoms with E-state index in [1.807, 2.05) is 32.0 Å². The third kappa shape index (κ3) is 3.96. The molecular weight excluding hydrogens is 404 g/mol. The second-order valence-electron chi connectivity index (χ2n) is 8.56. The Hall–Kier alpha value is -2.39. The van der Waals surface area contributed by atoms with Gasteiger partial charge in [0.1, 0.15) is 11.4 Å². The number of piperidine rings is 1. The highest BCUT2D eigenvalue weighted by atomic mass is 32.2. The van der Waals surface area contributed by atoms with Crippen molar-refractivity contribution in [2.45, 2.75) is 38.8 Å². The summed E-state index contributed by atoms with van der Waals surface area (Å²) in [5.41, 5.74) is 2.37. The average Bonchev–Trinajstić information content (AvgIpc) is 2.91. The predicted octanol–water partition coefficient (Wildman–Crippen LogP) is 1.87. The Morgan fingerprint density at radius 2 is 2.00 bits per heavy atom. The smallest absolute Gasteiger partial charge is 0.257 e. The van der Waals surface area contributed by atoms with Gasteiger partial charge in [0, 0.05) is 31.9 Å². The SMILES string of the molecule is Cc1ccc2c(c1)CN(S(C)(=O)=O)CC1(CCCN(C(=O)c3cn(C)nc3C)C1)O2. The predicted molar refractivity (Wildman–Crippen MR) is 113 cm³/mol. The number of sulfonamides is 1. The van der Waals surface area contributed by atoms with Crippen LogP contribution in [0.2, 0.25) is 0 Å². The molecule has 0 bridgehead atoms. The molecule has 2 aliphatic heterocycles. The Morgan fingerprint density at radius 1 is 1.23 bits per heavy atom. The lowest BCUT2D eigenvalue weighted by molar-refractivity contribution is -0.0106. The van der Waals surface area contributed by atoms with Gasteiger partial charge in [0.25, 0.3) is 5.91 Å². The molecule has 3 heterocycles. The number of carbonyl (C=O) groups excluding carboxylic acids is 1. The van der Waals surface area contributed by atoms with Crippen molar-refractivity contribution in [1.82, 2.24) is 19.0 Å². The first-order valence-corrected chi connectivity index (χ1v) is 11.9. The fourth-order valence-corrected chi connectivity index (χ4v) is 5.31.